The highest BCUT2D eigenvalue weighted by Gasteiger charge is 2.23. The first kappa shape index (κ1) is 12.1. The van der Waals surface area contributed by atoms with Crippen LogP contribution >= 0.6 is 0 Å². The van der Waals surface area contributed by atoms with Crippen molar-refractivity contribution >= 4 is 5.69 Å². The van der Waals surface area contributed by atoms with Crippen molar-refractivity contribution in [2.45, 2.75) is 6.42 Å². The van der Waals surface area contributed by atoms with Gasteiger partial charge in [-0.1, -0.05) is 6.07 Å². The molecule has 0 saturated carbocycles. The Balaban J connectivity index is 2.30. The lowest BCUT2D eigenvalue weighted by Gasteiger charge is -2.18. The van der Waals surface area contributed by atoms with E-state index in [2.05, 4.69) is 0 Å². The van der Waals surface area contributed by atoms with E-state index in [1.807, 2.05) is 12.1 Å². The lowest BCUT2D eigenvalue weighted by molar-refractivity contribution is 0.508. The minimum absolute atomic E-state index is 0.0642. The van der Waals surface area contributed by atoms with Crippen LogP contribution in [0.1, 0.15) is 6.42 Å². The Kier molecular flexibility index (Phi) is 3.25. The number of allylic oxidation sites excluding steroid dienone is 1. The number of halogens is 2. The summed E-state index contributed by atoms with van der Waals surface area (Å²) in [6, 6.07) is 7.61. The van der Waals surface area contributed by atoms with Gasteiger partial charge in [-0.3, -0.25) is 0 Å². The summed E-state index contributed by atoms with van der Waals surface area (Å²) in [7, 11) is 0. The predicted molar refractivity (Wildman–Crippen MR) is 61.4 cm³/mol. The molecule has 0 radical (unpaired) electrons. The van der Waals surface area contributed by atoms with Crippen molar-refractivity contribution in [1.29, 1.82) is 10.5 Å². The molecule has 0 bridgehead atoms. The molecule has 90 valence electrons. The molecule has 0 amide bonds. The first-order valence-corrected chi connectivity index (χ1v) is 5.38. The minimum atomic E-state index is -0.897. The van der Waals surface area contributed by atoms with E-state index in [1.54, 1.807) is 4.90 Å². The number of nitrogens with zero attached hydrogens (tertiary/aromatic N) is 3. The van der Waals surface area contributed by atoms with E-state index in [4.69, 9.17) is 10.5 Å². The van der Waals surface area contributed by atoms with E-state index in [1.165, 1.54) is 12.1 Å². The van der Waals surface area contributed by atoms with Crippen LogP contribution < -0.4 is 4.90 Å². The first-order valence-electron chi connectivity index (χ1n) is 5.38. The number of benzene rings is 1. The van der Waals surface area contributed by atoms with Gasteiger partial charge in [0, 0.05) is 13.1 Å². The largest absolute Gasteiger partial charge is 0.365 e. The van der Waals surface area contributed by atoms with Crippen LogP contribution in [-0.2, 0) is 0 Å². The molecule has 1 heterocycles. The molecule has 0 unspecified atom stereocenters. The molecule has 1 aromatic carbocycles. The number of anilines is 1. The second-order valence-electron chi connectivity index (χ2n) is 3.95. The summed E-state index contributed by atoms with van der Waals surface area (Å²) in [5.41, 5.74) is 0.901. The summed E-state index contributed by atoms with van der Waals surface area (Å²) >= 11 is 0. The zero-order valence-electron chi connectivity index (χ0n) is 9.45. The molecule has 0 atom stereocenters. The Hall–Kier alpha value is -2.40. The van der Waals surface area contributed by atoms with Crippen LogP contribution in [0, 0.1) is 34.3 Å². The maximum atomic E-state index is 13.6. The van der Waals surface area contributed by atoms with Crippen LogP contribution in [0.4, 0.5) is 14.5 Å². The fourth-order valence-electron chi connectivity index (χ4n) is 1.99. The molecule has 1 saturated heterocycles. The molecule has 1 aliphatic rings. The van der Waals surface area contributed by atoms with Gasteiger partial charge in [-0.15, -0.1) is 0 Å². The van der Waals surface area contributed by atoms with Crippen LogP contribution in [0.2, 0.25) is 0 Å². The Morgan fingerprint density at radius 3 is 2.61 bits per heavy atom. The van der Waals surface area contributed by atoms with Gasteiger partial charge < -0.3 is 4.90 Å². The van der Waals surface area contributed by atoms with Crippen molar-refractivity contribution in [3.8, 4) is 12.1 Å². The molecule has 5 heteroatoms. The maximum absolute atomic E-state index is 13.6. The summed E-state index contributed by atoms with van der Waals surface area (Å²) in [5.74, 6) is -1.79. The Labute approximate surface area is 103 Å². The Bertz CT molecular complexity index is 577. The maximum Gasteiger partial charge on any atom is 0.182 e. The van der Waals surface area contributed by atoms with Gasteiger partial charge in [-0.2, -0.15) is 10.5 Å². The van der Waals surface area contributed by atoms with Gasteiger partial charge in [-0.25, -0.2) is 8.78 Å². The number of nitriles is 2. The summed E-state index contributed by atoms with van der Waals surface area (Å²) in [6.07, 6.45) is 0.520. The third-order valence-corrected chi connectivity index (χ3v) is 2.91. The topological polar surface area (TPSA) is 50.8 Å². The normalized spacial score (nSPS) is 14.2. The average Bonchev–Trinajstić information content (AvgIpc) is 2.84. The third kappa shape index (κ3) is 2.03. The van der Waals surface area contributed by atoms with Crippen LogP contribution in [0.3, 0.4) is 0 Å². The van der Waals surface area contributed by atoms with Crippen molar-refractivity contribution in [2.75, 3.05) is 18.0 Å². The van der Waals surface area contributed by atoms with E-state index in [0.29, 0.717) is 18.5 Å². The zero-order chi connectivity index (χ0) is 13.1. The van der Waals surface area contributed by atoms with Crippen LogP contribution in [0.25, 0.3) is 0 Å². The van der Waals surface area contributed by atoms with Crippen molar-refractivity contribution in [3.05, 3.63) is 41.0 Å². The van der Waals surface area contributed by atoms with Crippen LogP contribution in [0.15, 0.2) is 29.3 Å². The highest BCUT2D eigenvalue weighted by atomic mass is 19.2. The highest BCUT2D eigenvalue weighted by molar-refractivity contribution is 5.54. The van der Waals surface area contributed by atoms with Gasteiger partial charge in [0.1, 0.15) is 17.7 Å². The lowest BCUT2D eigenvalue weighted by atomic mass is 10.1. The van der Waals surface area contributed by atoms with Crippen molar-refractivity contribution in [2.24, 2.45) is 0 Å². The van der Waals surface area contributed by atoms with E-state index < -0.39 is 11.6 Å². The van der Waals surface area contributed by atoms with E-state index in [9.17, 15) is 8.78 Å². The van der Waals surface area contributed by atoms with Gasteiger partial charge in [-0.05, 0) is 24.1 Å². The monoisotopic (exact) mass is 245 g/mol. The van der Waals surface area contributed by atoms with Crippen molar-refractivity contribution < 1.29 is 8.78 Å². The van der Waals surface area contributed by atoms with E-state index >= 15 is 0 Å². The lowest BCUT2D eigenvalue weighted by Crippen LogP contribution is -2.19. The molecule has 3 nitrogen and oxygen atoms in total. The molecule has 0 N–H and O–H groups in total. The highest BCUT2D eigenvalue weighted by Crippen LogP contribution is 2.28. The number of rotatable bonds is 1. The molecule has 0 aromatic heterocycles. The predicted octanol–water partition coefficient (Wildman–Crippen LogP) is 2.52. The standard InChI is InChI=1S/C13H9F2N3/c14-11-2-1-3-12(13(11)15)18-5-4-9(8-18)10(6-16)7-17/h1-3H,4-5,8H2. The van der Waals surface area contributed by atoms with Gasteiger partial charge in [0.25, 0.3) is 0 Å². The average molecular weight is 245 g/mol. The molecule has 1 aromatic rings. The Morgan fingerprint density at radius 1 is 1.22 bits per heavy atom. The molecule has 2 rings (SSSR count). The second-order valence-corrected chi connectivity index (χ2v) is 3.95. The molecule has 1 aliphatic heterocycles. The van der Waals surface area contributed by atoms with E-state index in [0.717, 1.165) is 6.07 Å². The fraction of sp³-hybridized carbons (Fsp3) is 0.231. The molecule has 0 aliphatic carbocycles. The van der Waals surface area contributed by atoms with Gasteiger partial charge in [0.2, 0.25) is 0 Å². The zero-order valence-corrected chi connectivity index (χ0v) is 9.45. The van der Waals surface area contributed by atoms with Gasteiger partial charge >= 0.3 is 0 Å². The third-order valence-electron chi connectivity index (χ3n) is 2.91. The summed E-state index contributed by atoms with van der Waals surface area (Å²) in [5, 5.41) is 17.5. The molecule has 18 heavy (non-hydrogen) atoms. The molecular formula is C13H9F2N3. The molecular weight excluding hydrogens is 236 g/mol. The quantitative estimate of drug-likeness (QED) is 0.714. The summed E-state index contributed by atoms with van der Waals surface area (Å²) < 4.78 is 26.7. The van der Waals surface area contributed by atoms with E-state index in [-0.39, 0.29) is 17.8 Å². The summed E-state index contributed by atoms with van der Waals surface area (Å²) in [4.78, 5) is 1.63. The number of hydrogen-bond acceptors (Lipinski definition) is 3. The van der Waals surface area contributed by atoms with Gasteiger partial charge in [0.05, 0.1) is 5.69 Å². The van der Waals surface area contributed by atoms with Crippen LogP contribution in [-0.4, -0.2) is 13.1 Å². The van der Waals surface area contributed by atoms with Crippen molar-refractivity contribution in [3.63, 3.8) is 0 Å². The fourth-order valence-corrected chi connectivity index (χ4v) is 1.99. The Morgan fingerprint density at radius 2 is 1.94 bits per heavy atom. The number of hydrogen-bond donors (Lipinski definition) is 0. The van der Waals surface area contributed by atoms with Crippen LogP contribution in [0.5, 0.6) is 0 Å². The van der Waals surface area contributed by atoms with Crippen molar-refractivity contribution in [1.82, 2.24) is 0 Å². The van der Waals surface area contributed by atoms with Gasteiger partial charge in [0.15, 0.2) is 11.6 Å². The first-order chi connectivity index (χ1) is 8.67. The second kappa shape index (κ2) is 4.85. The minimum Gasteiger partial charge on any atom is -0.365 e. The molecule has 1 fully saturated rings. The SMILES string of the molecule is N#CC(C#N)=C1CCN(c2cccc(F)c2F)C1. The molecule has 0 spiro atoms. The smallest absolute Gasteiger partial charge is 0.182 e. The summed E-state index contributed by atoms with van der Waals surface area (Å²) in [6.45, 7) is 0.763.